The minimum Gasteiger partial charge on any atom is -0.333 e. The fourth-order valence-electron chi connectivity index (χ4n) is 3.31. The largest absolute Gasteiger partial charge is 0.333 e. The maximum absolute atomic E-state index is 12.5. The number of likely N-dealkylation sites (tertiary alicyclic amines) is 1. The predicted octanol–water partition coefficient (Wildman–Crippen LogP) is -0.489. The minimum absolute atomic E-state index is 0.288. The highest BCUT2D eigenvalue weighted by molar-refractivity contribution is 9.10. The van der Waals surface area contributed by atoms with Gasteiger partial charge in [-0.3, -0.25) is 13.9 Å². The highest BCUT2D eigenvalue weighted by Crippen LogP contribution is 2.15. The highest BCUT2D eigenvalue weighted by atomic mass is 79.9. The molecule has 3 rings (SSSR count). The molecule has 1 fully saturated rings. The molecule has 23 heavy (non-hydrogen) atoms. The Balaban J connectivity index is 1.94. The molecule has 7 nitrogen and oxygen atoms in total. The lowest BCUT2D eigenvalue weighted by atomic mass is 9.99. The molecule has 1 aliphatic rings. The maximum atomic E-state index is 12.5. The van der Waals surface area contributed by atoms with Crippen LogP contribution in [0, 0.1) is 5.92 Å². The van der Waals surface area contributed by atoms with Crippen LogP contribution in [-0.4, -0.2) is 38.3 Å². The molecule has 1 saturated heterocycles. The normalized spacial score (nSPS) is 21.9. The molecular formula is C15H23BrN5O2+. The molecule has 0 radical (unpaired) electrons. The Morgan fingerprint density at radius 2 is 1.87 bits per heavy atom. The molecule has 2 aromatic rings. The van der Waals surface area contributed by atoms with Gasteiger partial charge in [0, 0.05) is 14.1 Å². The van der Waals surface area contributed by atoms with E-state index in [1.807, 2.05) is 4.57 Å². The zero-order valence-electron chi connectivity index (χ0n) is 13.8. The third-order valence-electron chi connectivity index (χ3n) is 4.97. The molecule has 0 spiro atoms. The van der Waals surface area contributed by atoms with E-state index in [1.54, 1.807) is 11.9 Å². The molecule has 0 saturated carbocycles. The van der Waals surface area contributed by atoms with Crippen LogP contribution in [0.1, 0.15) is 19.8 Å². The first-order valence-electron chi connectivity index (χ1n) is 8.05. The van der Waals surface area contributed by atoms with Gasteiger partial charge in [0.2, 0.25) is 0 Å². The molecule has 0 aliphatic carbocycles. The van der Waals surface area contributed by atoms with E-state index >= 15 is 0 Å². The number of halogens is 1. The van der Waals surface area contributed by atoms with Gasteiger partial charge in [-0.15, -0.1) is 0 Å². The summed E-state index contributed by atoms with van der Waals surface area (Å²) in [6.07, 6.45) is 2.52. The third kappa shape index (κ3) is 2.89. The lowest BCUT2D eigenvalue weighted by Gasteiger charge is -2.27. The smallest absolute Gasteiger partial charge is 0.332 e. The maximum Gasteiger partial charge on any atom is 0.332 e. The second-order valence-electron chi connectivity index (χ2n) is 6.59. The molecule has 1 aliphatic heterocycles. The van der Waals surface area contributed by atoms with Gasteiger partial charge < -0.3 is 9.47 Å². The lowest BCUT2D eigenvalue weighted by Crippen LogP contribution is -3.13. The van der Waals surface area contributed by atoms with Gasteiger partial charge in [-0.05, 0) is 34.7 Å². The van der Waals surface area contributed by atoms with E-state index in [0.29, 0.717) is 22.4 Å². The van der Waals surface area contributed by atoms with E-state index in [9.17, 15) is 9.59 Å². The van der Waals surface area contributed by atoms with Crippen LogP contribution in [0.25, 0.3) is 11.2 Å². The molecule has 8 heteroatoms. The summed E-state index contributed by atoms with van der Waals surface area (Å²) in [6.45, 7) is 6.35. The van der Waals surface area contributed by atoms with Gasteiger partial charge in [-0.2, -0.15) is 0 Å². The summed E-state index contributed by atoms with van der Waals surface area (Å²) in [6, 6.07) is 0. The number of nitrogens with one attached hydrogen (secondary N) is 1. The van der Waals surface area contributed by atoms with Crippen LogP contribution in [0.15, 0.2) is 14.3 Å². The summed E-state index contributed by atoms with van der Waals surface area (Å²) in [4.78, 5) is 30.4. The van der Waals surface area contributed by atoms with Crippen LogP contribution in [0.2, 0.25) is 0 Å². The van der Waals surface area contributed by atoms with Crippen LogP contribution >= 0.6 is 15.9 Å². The highest BCUT2D eigenvalue weighted by Gasteiger charge is 2.21. The topological polar surface area (TPSA) is 66.3 Å². The average Bonchev–Trinajstić information content (AvgIpc) is 2.87. The zero-order valence-corrected chi connectivity index (χ0v) is 15.4. The molecule has 1 N–H and O–H groups in total. The zero-order chi connectivity index (χ0) is 16.7. The van der Waals surface area contributed by atoms with Crippen molar-refractivity contribution >= 4 is 27.1 Å². The fraction of sp³-hybridized carbons (Fsp3) is 0.667. The Kier molecular flexibility index (Phi) is 4.46. The van der Waals surface area contributed by atoms with Crippen molar-refractivity contribution < 1.29 is 4.90 Å². The Morgan fingerprint density at radius 1 is 1.22 bits per heavy atom. The predicted molar refractivity (Wildman–Crippen MR) is 91.9 cm³/mol. The first-order valence-corrected chi connectivity index (χ1v) is 8.84. The van der Waals surface area contributed by atoms with Crippen molar-refractivity contribution in [2.45, 2.75) is 26.3 Å². The Labute approximate surface area is 142 Å². The molecule has 3 heterocycles. The fourth-order valence-corrected chi connectivity index (χ4v) is 3.84. The first kappa shape index (κ1) is 16.4. The van der Waals surface area contributed by atoms with Crippen LogP contribution in [0.4, 0.5) is 0 Å². The number of aryl methyl sites for hydroxylation is 1. The van der Waals surface area contributed by atoms with E-state index in [-0.39, 0.29) is 11.2 Å². The van der Waals surface area contributed by atoms with Crippen molar-refractivity contribution in [3.05, 3.63) is 25.6 Å². The number of quaternary nitrogens is 1. The number of hydrogen-bond acceptors (Lipinski definition) is 3. The van der Waals surface area contributed by atoms with Crippen molar-refractivity contribution in [1.82, 2.24) is 18.7 Å². The van der Waals surface area contributed by atoms with Crippen LogP contribution in [0.5, 0.6) is 0 Å². The number of imidazole rings is 1. The number of fused-ring (bicyclic) bond motifs is 1. The summed E-state index contributed by atoms with van der Waals surface area (Å²) in [5.74, 6) is 0.821. The van der Waals surface area contributed by atoms with Crippen molar-refractivity contribution in [3.8, 4) is 0 Å². The van der Waals surface area contributed by atoms with Gasteiger partial charge >= 0.3 is 5.69 Å². The van der Waals surface area contributed by atoms with Gasteiger partial charge in [0.15, 0.2) is 15.9 Å². The second kappa shape index (κ2) is 6.24. The standard InChI is InChI=1S/C15H22BrN5O2/c1-10-4-6-20(7-5-10)8-9-21-11-12(17-14(21)16)18(2)15(23)19(3)13(11)22/h10H,4-9H2,1-3H3/p+1. The quantitative estimate of drug-likeness (QED) is 0.726. The van der Waals surface area contributed by atoms with Gasteiger partial charge in [0.25, 0.3) is 5.56 Å². The number of aromatic nitrogens is 4. The van der Waals surface area contributed by atoms with Gasteiger partial charge in [-0.25, -0.2) is 9.78 Å². The van der Waals surface area contributed by atoms with Gasteiger partial charge in [0.05, 0.1) is 26.2 Å². The monoisotopic (exact) mass is 384 g/mol. The number of hydrogen-bond donors (Lipinski definition) is 1. The Hall–Kier alpha value is -1.41. The Bertz CT molecular complexity index is 842. The molecule has 2 aromatic heterocycles. The molecule has 0 bridgehead atoms. The number of rotatable bonds is 3. The molecule has 0 amide bonds. The van der Waals surface area contributed by atoms with E-state index in [1.165, 1.54) is 37.5 Å². The van der Waals surface area contributed by atoms with Crippen molar-refractivity contribution in [2.75, 3.05) is 19.6 Å². The summed E-state index contributed by atoms with van der Waals surface area (Å²) in [7, 11) is 3.15. The van der Waals surface area contributed by atoms with Crippen molar-refractivity contribution in [1.29, 1.82) is 0 Å². The molecule has 0 atom stereocenters. The van der Waals surface area contributed by atoms with Crippen LogP contribution in [-0.2, 0) is 20.6 Å². The van der Waals surface area contributed by atoms with E-state index in [2.05, 4.69) is 27.8 Å². The van der Waals surface area contributed by atoms with Crippen molar-refractivity contribution in [2.24, 2.45) is 20.0 Å². The first-order chi connectivity index (χ1) is 10.9. The lowest BCUT2D eigenvalue weighted by molar-refractivity contribution is -0.906. The SMILES string of the molecule is CC1CC[NH+](CCn2c(Br)nc3c2c(=O)n(C)c(=O)n3C)CC1. The second-order valence-corrected chi connectivity index (χ2v) is 7.30. The van der Waals surface area contributed by atoms with Crippen LogP contribution in [0.3, 0.4) is 0 Å². The number of piperidine rings is 1. The molecule has 126 valence electrons. The number of nitrogens with zero attached hydrogens (tertiary/aromatic N) is 4. The average molecular weight is 385 g/mol. The molecule has 0 unspecified atom stereocenters. The summed E-state index contributed by atoms with van der Waals surface area (Å²) >= 11 is 3.44. The summed E-state index contributed by atoms with van der Waals surface area (Å²) in [5, 5.41) is 0. The third-order valence-corrected chi connectivity index (χ3v) is 5.58. The molecule has 0 aromatic carbocycles. The van der Waals surface area contributed by atoms with E-state index in [4.69, 9.17) is 0 Å². The summed E-state index contributed by atoms with van der Waals surface area (Å²) < 4.78 is 5.06. The van der Waals surface area contributed by atoms with Crippen LogP contribution < -0.4 is 16.1 Å². The van der Waals surface area contributed by atoms with Gasteiger partial charge in [-0.1, -0.05) is 6.92 Å². The Morgan fingerprint density at radius 3 is 2.52 bits per heavy atom. The van der Waals surface area contributed by atoms with E-state index < -0.39 is 0 Å². The van der Waals surface area contributed by atoms with E-state index in [0.717, 1.165) is 17.0 Å². The summed E-state index contributed by atoms with van der Waals surface area (Å²) in [5.41, 5.74) is 0.289. The van der Waals surface area contributed by atoms with Gasteiger partial charge in [0.1, 0.15) is 0 Å². The molecular weight excluding hydrogens is 362 g/mol. The van der Waals surface area contributed by atoms with Crippen molar-refractivity contribution in [3.63, 3.8) is 0 Å². The minimum atomic E-state index is -0.352.